The Kier molecular flexibility index (Phi) is 4.05. The van der Waals surface area contributed by atoms with Crippen LogP contribution < -0.4 is 5.32 Å². The lowest BCUT2D eigenvalue weighted by Gasteiger charge is -2.50. The molecule has 0 radical (unpaired) electrons. The second kappa shape index (κ2) is 5.95. The molecule has 3 rings (SSSR count). The van der Waals surface area contributed by atoms with Crippen LogP contribution in [0.4, 0.5) is 0 Å². The molecule has 5 nitrogen and oxygen atoms in total. The maximum Gasteiger partial charge on any atom is 0.224 e. The number of aryl methyl sites for hydroxylation is 1. The van der Waals surface area contributed by atoms with Crippen molar-refractivity contribution in [2.24, 2.45) is 0 Å². The van der Waals surface area contributed by atoms with E-state index in [0.29, 0.717) is 18.9 Å². The van der Waals surface area contributed by atoms with Gasteiger partial charge in [-0.1, -0.05) is 19.3 Å². The van der Waals surface area contributed by atoms with Crippen molar-refractivity contribution in [1.82, 2.24) is 20.0 Å². The molecular weight excluding hydrogens is 252 g/mol. The fraction of sp³-hybridized carbons (Fsp3) is 0.733. The third kappa shape index (κ3) is 2.73. The third-order valence-electron chi connectivity index (χ3n) is 4.74. The summed E-state index contributed by atoms with van der Waals surface area (Å²) in [4.78, 5) is 14.8. The van der Waals surface area contributed by atoms with E-state index in [1.165, 1.54) is 19.3 Å². The molecule has 0 unspecified atom stereocenters. The van der Waals surface area contributed by atoms with Gasteiger partial charge in [0.1, 0.15) is 0 Å². The highest BCUT2D eigenvalue weighted by atomic mass is 16.2. The number of hydrogen-bond donors (Lipinski definition) is 1. The van der Waals surface area contributed by atoms with Gasteiger partial charge < -0.3 is 10.2 Å². The Hall–Kier alpha value is -1.36. The van der Waals surface area contributed by atoms with Gasteiger partial charge >= 0.3 is 0 Å². The summed E-state index contributed by atoms with van der Waals surface area (Å²) in [7, 11) is 0. The highest BCUT2D eigenvalue weighted by Crippen LogP contribution is 2.34. The minimum atomic E-state index is 0.0949. The standard InChI is InChI=1S/C15H24N4O/c20-14(5-11-18-10-4-8-17-18)19-12-9-16-13-15(19)6-2-1-3-7-15/h4,8,10,16H,1-3,5-7,9,11-13H2. The third-order valence-corrected chi connectivity index (χ3v) is 4.74. The molecule has 1 aliphatic carbocycles. The summed E-state index contributed by atoms with van der Waals surface area (Å²) >= 11 is 0. The molecule has 1 aliphatic heterocycles. The van der Waals surface area contributed by atoms with E-state index < -0.39 is 0 Å². The fourth-order valence-electron chi connectivity index (χ4n) is 3.67. The van der Waals surface area contributed by atoms with Crippen LogP contribution in [0, 0.1) is 0 Å². The van der Waals surface area contributed by atoms with Crippen LogP contribution in [-0.4, -0.2) is 45.8 Å². The average Bonchev–Trinajstić information content (AvgIpc) is 2.99. The Morgan fingerprint density at radius 2 is 2.15 bits per heavy atom. The molecule has 0 atom stereocenters. The second-order valence-corrected chi connectivity index (χ2v) is 6.03. The van der Waals surface area contributed by atoms with Crippen LogP contribution in [0.1, 0.15) is 38.5 Å². The molecule has 1 amide bonds. The normalized spacial score (nSPS) is 22.1. The summed E-state index contributed by atoms with van der Waals surface area (Å²) in [5, 5.41) is 7.66. The van der Waals surface area contributed by atoms with Crippen molar-refractivity contribution in [2.45, 2.75) is 50.6 Å². The Balaban J connectivity index is 1.64. The number of hydrogen-bond acceptors (Lipinski definition) is 3. The quantitative estimate of drug-likeness (QED) is 0.908. The largest absolute Gasteiger partial charge is 0.334 e. The Morgan fingerprint density at radius 1 is 1.30 bits per heavy atom. The highest BCUT2D eigenvalue weighted by molar-refractivity contribution is 5.77. The van der Waals surface area contributed by atoms with Crippen molar-refractivity contribution in [3.05, 3.63) is 18.5 Å². The molecule has 110 valence electrons. The molecule has 1 saturated heterocycles. The van der Waals surface area contributed by atoms with Crippen molar-refractivity contribution < 1.29 is 4.79 Å². The number of piperazine rings is 1. The van der Waals surface area contributed by atoms with Crippen LogP contribution in [0.2, 0.25) is 0 Å². The van der Waals surface area contributed by atoms with Gasteiger partial charge in [0.15, 0.2) is 0 Å². The summed E-state index contributed by atoms with van der Waals surface area (Å²) in [6.45, 7) is 3.44. The molecule has 0 bridgehead atoms. The summed E-state index contributed by atoms with van der Waals surface area (Å²) < 4.78 is 1.84. The zero-order chi connectivity index (χ0) is 13.8. The molecule has 20 heavy (non-hydrogen) atoms. The van der Waals surface area contributed by atoms with E-state index in [-0.39, 0.29) is 5.54 Å². The van der Waals surface area contributed by atoms with Crippen LogP contribution in [0.25, 0.3) is 0 Å². The van der Waals surface area contributed by atoms with Gasteiger partial charge in [0, 0.05) is 45.0 Å². The van der Waals surface area contributed by atoms with Gasteiger partial charge in [-0.3, -0.25) is 9.48 Å². The number of aromatic nitrogens is 2. The van der Waals surface area contributed by atoms with Crippen LogP contribution in [0.15, 0.2) is 18.5 Å². The van der Waals surface area contributed by atoms with Gasteiger partial charge in [-0.05, 0) is 18.9 Å². The van der Waals surface area contributed by atoms with Gasteiger partial charge in [-0.15, -0.1) is 0 Å². The fourth-order valence-corrected chi connectivity index (χ4v) is 3.67. The second-order valence-electron chi connectivity index (χ2n) is 6.03. The molecule has 1 spiro atoms. The summed E-state index contributed by atoms with van der Waals surface area (Å²) in [6, 6.07) is 1.90. The van der Waals surface area contributed by atoms with E-state index in [0.717, 1.165) is 32.5 Å². The molecule has 0 aromatic carbocycles. The van der Waals surface area contributed by atoms with Crippen molar-refractivity contribution in [3.8, 4) is 0 Å². The van der Waals surface area contributed by atoms with Gasteiger partial charge in [0.25, 0.3) is 0 Å². The van der Waals surface area contributed by atoms with E-state index in [2.05, 4.69) is 15.3 Å². The van der Waals surface area contributed by atoms with E-state index in [4.69, 9.17) is 0 Å². The van der Waals surface area contributed by atoms with E-state index >= 15 is 0 Å². The van der Waals surface area contributed by atoms with Gasteiger partial charge in [-0.2, -0.15) is 5.10 Å². The molecule has 5 heteroatoms. The lowest BCUT2D eigenvalue weighted by molar-refractivity contribution is -0.141. The minimum absolute atomic E-state index is 0.0949. The number of carbonyl (C=O) groups is 1. The first-order valence-electron chi connectivity index (χ1n) is 7.79. The van der Waals surface area contributed by atoms with Crippen LogP contribution >= 0.6 is 0 Å². The van der Waals surface area contributed by atoms with E-state index in [9.17, 15) is 4.79 Å². The van der Waals surface area contributed by atoms with Crippen molar-refractivity contribution in [1.29, 1.82) is 0 Å². The van der Waals surface area contributed by atoms with Crippen molar-refractivity contribution >= 4 is 5.91 Å². The smallest absolute Gasteiger partial charge is 0.224 e. The number of nitrogens with zero attached hydrogens (tertiary/aromatic N) is 3. The van der Waals surface area contributed by atoms with Crippen LogP contribution in [0.5, 0.6) is 0 Å². The maximum atomic E-state index is 12.6. The predicted octanol–water partition coefficient (Wildman–Crippen LogP) is 1.41. The molecular formula is C15H24N4O. The first-order chi connectivity index (χ1) is 9.80. The Labute approximate surface area is 120 Å². The number of rotatable bonds is 3. The Morgan fingerprint density at radius 3 is 2.90 bits per heavy atom. The molecule has 1 saturated carbocycles. The minimum Gasteiger partial charge on any atom is -0.334 e. The zero-order valence-electron chi connectivity index (χ0n) is 12.1. The lowest BCUT2D eigenvalue weighted by Crippen LogP contribution is -2.63. The number of amides is 1. The molecule has 1 aromatic rings. The monoisotopic (exact) mass is 276 g/mol. The van der Waals surface area contributed by atoms with Crippen LogP contribution in [0.3, 0.4) is 0 Å². The van der Waals surface area contributed by atoms with E-state index in [1.807, 2.05) is 16.9 Å². The lowest BCUT2D eigenvalue weighted by atomic mass is 9.79. The van der Waals surface area contributed by atoms with Crippen LogP contribution in [-0.2, 0) is 11.3 Å². The maximum absolute atomic E-state index is 12.6. The molecule has 2 heterocycles. The number of nitrogens with one attached hydrogen (secondary N) is 1. The van der Waals surface area contributed by atoms with E-state index in [1.54, 1.807) is 6.20 Å². The number of carbonyl (C=O) groups excluding carboxylic acids is 1. The summed E-state index contributed by atoms with van der Waals surface area (Å²) in [5.41, 5.74) is 0.0949. The van der Waals surface area contributed by atoms with Gasteiger partial charge in [-0.25, -0.2) is 0 Å². The van der Waals surface area contributed by atoms with Crippen molar-refractivity contribution in [2.75, 3.05) is 19.6 Å². The first kappa shape index (κ1) is 13.6. The highest BCUT2D eigenvalue weighted by Gasteiger charge is 2.41. The molecule has 2 fully saturated rings. The Bertz CT molecular complexity index is 428. The molecule has 2 aliphatic rings. The molecule has 1 N–H and O–H groups in total. The summed E-state index contributed by atoms with van der Waals surface area (Å²) in [6.07, 6.45) is 10.4. The van der Waals surface area contributed by atoms with Gasteiger partial charge in [0.05, 0.1) is 5.54 Å². The summed E-state index contributed by atoms with van der Waals surface area (Å²) in [5.74, 6) is 0.295. The topological polar surface area (TPSA) is 50.2 Å². The zero-order valence-corrected chi connectivity index (χ0v) is 12.1. The van der Waals surface area contributed by atoms with Crippen molar-refractivity contribution in [3.63, 3.8) is 0 Å². The predicted molar refractivity (Wildman–Crippen MR) is 77.2 cm³/mol. The first-order valence-corrected chi connectivity index (χ1v) is 7.79. The molecule has 1 aromatic heterocycles. The SMILES string of the molecule is O=C(CCn1cccn1)N1CCNCC12CCCCC2. The average molecular weight is 276 g/mol. The van der Waals surface area contributed by atoms with Gasteiger partial charge in [0.2, 0.25) is 5.91 Å².